The lowest BCUT2D eigenvalue weighted by Crippen LogP contribution is -2.19. The number of nitrogen functional groups attached to an aromatic ring is 1. The van der Waals surface area contributed by atoms with Crippen LogP contribution in [0.3, 0.4) is 0 Å². The Morgan fingerprint density at radius 3 is 2.63 bits per heavy atom. The Morgan fingerprint density at radius 1 is 1.15 bits per heavy atom. The molecule has 0 saturated carbocycles. The maximum Gasteiger partial charge on any atom is 0.275 e. The number of halogens is 1. The highest BCUT2D eigenvalue weighted by atomic mass is 35.5. The molecule has 0 fully saturated rings. The fraction of sp³-hybridized carbons (Fsp3) is 0.0588. The van der Waals surface area contributed by atoms with Gasteiger partial charge in [-0.3, -0.25) is 14.7 Å². The fourth-order valence-corrected chi connectivity index (χ4v) is 2.56. The van der Waals surface area contributed by atoms with E-state index in [1.807, 2.05) is 0 Å². The van der Waals surface area contributed by atoms with Gasteiger partial charge in [0.05, 0.1) is 41.5 Å². The summed E-state index contributed by atoms with van der Waals surface area (Å²) in [7, 11) is 1.49. The third kappa shape index (κ3) is 3.98. The number of aromatic amines is 1. The van der Waals surface area contributed by atoms with E-state index < -0.39 is 11.8 Å². The van der Waals surface area contributed by atoms with Crippen LogP contribution in [0.5, 0.6) is 5.88 Å². The lowest BCUT2D eigenvalue weighted by atomic mass is 10.1. The number of aromatic nitrogens is 3. The molecule has 0 saturated heterocycles. The monoisotopic (exact) mass is 386 g/mol. The standard InChI is InChI=1S/C17H15ClN6O3/c1-27-13-6-5-9(7-20-13)22-17(26)15-12(8-21-24-15)23-16(25)14-10(18)3-2-4-11(14)19/h2-8H,19H2,1H3,(H,21,24)(H,22,26)(H,23,25). The number of carbonyl (C=O) groups is 2. The lowest BCUT2D eigenvalue weighted by Gasteiger charge is -2.09. The number of hydrogen-bond acceptors (Lipinski definition) is 6. The molecule has 9 nitrogen and oxygen atoms in total. The Labute approximate surface area is 158 Å². The van der Waals surface area contributed by atoms with Gasteiger partial charge in [-0.15, -0.1) is 0 Å². The van der Waals surface area contributed by atoms with Gasteiger partial charge in [0, 0.05) is 11.8 Å². The summed E-state index contributed by atoms with van der Waals surface area (Å²) >= 11 is 6.04. The fourth-order valence-electron chi connectivity index (χ4n) is 2.29. The van der Waals surface area contributed by atoms with E-state index in [0.717, 1.165) is 0 Å². The van der Waals surface area contributed by atoms with Crippen molar-refractivity contribution in [3.05, 3.63) is 59.0 Å². The first-order valence-electron chi connectivity index (χ1n) is 7.69. The van der Waals surface area contributed by atoms with Crippen LogP contribution < -0.4 is 21.1 Å². The SMILES string of the molecule is COc1ccc(NC(=O)c2[nH]ncc2NC(=O)c2c(N)cccc2Cl)cn1. The Balaban J connectivity index is 1.77. The van der Waals surface area contributed by atoms with Gasteiger partial charge in [-0.05, 0) is 18.2 Å². The van der Waals surface area contributed by atoms with Crippen molar-refractivity contribution in [2.75, 3.05) is 23.5 Å². The van der Waals surface area contributed by atoms with Crippen molar-refractivity contribution < 1.29 is 14.3 Å². The summed E-state index contributed by atoms with van der Waals surface area (Å²) in [6.45, 7) is 0. The second-order valence-electron chi connectivity index (χ2n) is 5.36. The first-order chi connectivity index (χ1) is 13.0. The molecule has 2 heterocycles. The Kier molecular flexibility index (Phi) is 5.23. The van der Waals surface area contributed by atoms with E-state index in [1.165, 1.54) is 19.5 Å². The number of rotatable bonds is 5. The quantitative estimate of drug-likeness (QED) is 0.497. The number of nitrogens with two attached hydrogens (primary N) is 1. The van der Waals surface area contributed by atoms with E-state index in [1.54, 1.807) is 30.3 Å². The van der Waals surface area contributed by atoms with Crippen molar-refractivity contribution in [1.29, 1.82) is 0 Å². The van der Waals surface area contributed by atoms with Gasteiger partial charge in [-0.25, -0.2) is 4.98 Å². The minimum absolute atomic E-state index is 0.0600. The molecule has 0 atom stereocenters. The first-order valence-corrected chi connectivity index (χ1v) is 8.07. The number of amides is 2. The minimum atomic E-state index is -0.556. The Morgan fingerprint density at radius 2 is 1.96 bits per heavy atom. The normalized spacial score (nSPS) is 10.3. The maximum absolute atomic E-state index is 12.5. The third-order valence-electron chi connectivity index (χ3n) is 3.59. The van der Waals surface area contributed by atoms with Crippen LogP contribution in [0.1, 0.15) is 20.8 Å². The number of nitrogens with one attached hydrogen (secondary N) is 3. The average Bonchev–Trinajstić information content (AvgIpc) is 3.10. The molecule has 2 aromatic heterocycles. The largest absolute Gasteiger partial charge is 0.481 e. The average molecular weight is 387 g/mol. The molecular formula is C17H15ClN6O3. The number of anilines is 3. The molecule has 138 valence electrons. The molecule has 3 aromatic rings. The van der Waals surface area contributed by atoms with E-state index in [2.05, 4.69) is 25.8 Å². The molecule has 0 aliphatic heterocycles. The molecule has 3 rings (SSSR count). The minimum Gasteiger partial charge on any atom is -0.481 e. The number of ether oxygens (including phenoxy) is 1. The number of hydrogen-bond donors (Lipinski definition) is 4. The highest BCUT2D eigenvalue weighted by molar-refractivity contribution is 6.35. The van der Waals surface area contributed by atoms with Crippen LogP contribution in [-0.2, 0) is 0 Å². The number of nitrogens with zero attached hydrogens (tertiary/aromatic N) is 2. The summed E-state index contributed by atoms with van der Waals surface area (Å²) < 4.78 is 4.96. The summed E-state index contributed by atoms with van der Waals surface area (Å²) in [6, 6.07) is 7.97. The molecule has 27 heavy (non-hydrogen) atoms. The van der Waals surface area contributed by atoms with Crippen molar-refractivity contribution in [2.24, 2.45) is 0 Å². The van der Waals surface area contributed by atoms with E-state index in [0.29, 0.717) is 11.6 Å². The zero-order chi connectivity index (χ0) is 19.4. The third-order valence-corrected chi connectivity index (χ3v) is 3.91. The van der Waals surface area contributed by atoms with Crippen LogP contribution in [-0.4, -0.2) is 34.1 Å². The van der Waals surface area contributed by atoms with Gasteiger partial charge in [0.1, 0.15) is 5.69 Å². The highest BCUT2D eigenvalue weighted by Gasteiger charge is 2.19. The molecule has 0 aliphatic carbocycles. The maximum atomic E-state index is 12.5. The van der Waals surface area contributed by atoms with Crippen LogP contribution in [0.4, 0.5) is 17.1 Å². The molecular weight excluding hydrogens is 372 g/mol. The van der Waals surface area contributed by atoms with Crippen LogP contribution in [0, 0.1) is 0 Å². The van der Waals surface area contributed by atoms with Crippen molar-refractivity contribution >= 4 is 40.5 Å². The van der Waals surface area contributed by atoms with Gasteiger partial charge in [0.25, 0.3) is 11.8 Å². The molecule has 0 aliphatic rings. The van der Waals surface area contributed by atoms with Crippen LogP contribution in [0.15, 0.2) is 42.7 Å². The second-order valence-corrected chi connectivity index (χ2v) is 5.77. The van der Waals surface area contributed by atoms with Crippen LogP contribution in [0.2, 0.25) is 5.02 Å². The predicted molar refractivity (Wildman–Crippen MR) is 101 cm³/mol. The first kappa shape index (κ1) is 18.2. The number of pyridine rings is 1. The van der Waals surface area contributed by atoms with E-state index in [9.17, 15) is 9.59 Å². The van der Waals surface area contributed by atoms with Crippen molar-refractivity contribution in [2.45, 2.75) is 0 Å². The molecule has 5 N–H and O–H groups in total. The van der Waals surface area contributed by atoms with Gasteiger partial charge in [0.15, 0.2) is 0 Å². The summed E-state index contributed by atoms with van der Waals surface area (Å²) in [4.78, 5) is 28.9. The molecule has 2 amide bonds. The molecule has 0 radical (unpaired) electrons. The summed E-state index contributed by atoms with van der Waals surface area (Å²) in [5.74, 6) is -0.651. The van der Waals surface area contributed by atoms with E-state index in [-0.39, 0.29) is 27.7 Å². The number of H-pyrrole nitrogens is 1. The zero-order valence-electron chi connectivity index (χ0n) is 14.1. The van der Waals surface area contributed by atoms with Crippen LogP contribution >= 0.6 is 11.6 Å². The van der Waals surface area contributed by atoms with Gasteiger partial charge >= 0.3 is 0 Å². The lowest BCUT2D eigenvalue weighted by molar-refractivity contribution is 0.102. The molecule has 0 bridgehead atoms. The smallest absolute Gasteiger partial charge is 0.275 e. The van der Waals surface area contributed by atoms with Crippen molar-refractivity contribution in [1.82, 2.24) is 15.2 Å². The Hall–Kier alpha value is -3.59. The van der Waals surface area contributed by atoms with Crippen molar-refractivity contribution in [3.63, 3.8) is 0 Å². The molecule has 0 spiro atoms. The van der Waals surface area contributed by atoms with E-state index >= 15 is 0 Å². The Bertz CT molecular complexity index is 966. The number of benzene rings is 1. The summed E-state index contributed by atoms with van der Waals surface area (Å²) in [6.07, 6.45) is 2.75. The highest BCUT2D eigenvalue weighted by Crippen LogP contribution is 2.24. The molecule has 10 heteroatoms. The van der Waals surface area contributed by atoms with E-state index in [4.69, 9.17) is 22.1 Å². The second kappa shape index (κ2) is 7.75. The number of carbonyl (C=O) groups excluding carboxylic acids is 2. The summed E-state index contributed by atoms with van der Waals surface area (Å²) in [5.41, 5.74) is 6.83. The number of methoxy groups -OCH3 is 1. The summed E-state index contributed by atoms with van der Waals surface area (Å²) in [5, 5.41) is 11.8. The topological polar surface area (TPSA) is 135 Å². The zero-order valence-corrected chi connectivity index (χ0v) is 14.9. The van der Waals surface area contributed by atoms with Gasteiger partial charge in [0.2, 0.25) is 5.88 Å². The molecule has 1 aromatic carbocycles. The van der Waals surface area contributed by atoms with Gasteiger partial charge < -0.3 is 21.1 Å². The van der Waals surface area contributed by atoms with Crippen LogP contribution in [0.25, 0.3) is 0 Å². The molecule has 0 unspecified atom stereocenters. The predicted octanol–water partition coefficient (Wildman–Crippen LogP) is 2.55. The van der Waals surface area contributed by atoms with Gasteiger partial charge in [-0.2, -0.15) is 5.10 Å². The van der Waals surface area contributed by atoms with Crippen molar-refractivity contribution in [3.8, 4) is 5.88 Å². The van der Waals surface area contributed by atoms with Gasteiger partial charge in [-0.1, -0.05) is 17.7 Å².